The van der Waals surface area contributed by atoms with Gasteiger partial charge in [0.25, 0.3) is 0 Å². The number of hydrogen-bond acceptors (Lipinski definition) is 4. The summed E-state index contributed by atoms with van der Waals surface area (Å²) in [5.74, 6) is 0.910. The maximum Gasteiger partial charge on any atom is 0.317 e. The Morgan fingerprint density at radius 1 is 1.42 bits per heavy atom. The fraction of sp³-hybridized carbons (Fsp3) is 0.389. The highest BCUT2D eigenvalue weighted by Gasteiger charge is 2.19. The van der Waals surface area contributed by atoms with Crippen molar-refractivity contribution in [2.45, 2.75) is 33.1 Å². The van der Waals surface area contributed by atoms with Crippen molar-refractivity contribution in [2.24, 2.45) is 11.5 Å². The second-order valence-corrected chi connectivity index (χ2v) is 6.72. The van der Waals surface area contributed by atoms with Gasteiger partial charge in [-0.2, -0.15) is 0 Å². The highest BCUT2D eigenvalue weighted by atomic mass is 32.2. The fourth-order valence-corrected chi connectivity index (χ4v) is 3.71. The highest BCUT2D eigenvalue weighted by molar-refractivity contribution is 8.11. The topological polar surface area (TPSA) is 90.4 Å². The van der Waals surface area contributed by atoms with Crippen LogP contribution in [-0.4, -0.2) is 19.2 Å². The molecule has 6 heteroatoms. The molecule has 24 heavy (non-hydrogen) atoms. The van der Waals surface area contributed by atoms with E-state index in [1.54, 1.807) is 6.08 Å². The summed E-state index contributed by atoms with van der Waals surface area (Å²) in [4.78, 5) is 12.3. The van der Waals surface area contributed by atoms with Crippen molar-refractivity contribution < 1.29 is 9.53 Å². The summed E-state index contributed by atoms with van der Waals surface area (Å²) >= 11 is 1.50. The Balaban J connectivity index is 2.27. The molecule has 0 aliphatic heterocycles. The Kier molecular flexibility index (Phi) is 6.75. The van der Waals surface area contributed by atoms with Crippen molar-refractivity contribution in [3.05, 3.63) is 46.0 Å². The average Bonchev–Trinajstić information content (AvgIpc) is 2.55. The number of carbonyl (C=O) groups excluding carboxylic acids is 1. The number of nitrogens with one attached hydrogen (secondary N) is 1. The van der Waals surface area contributed by atoms with Crippen molar-refractivity contribution >= 4 is 22.7 Å². The van der Waals surface area contributed by atoms with Gasteiger partial charge in [-0.15, -0.1) is 0 Å². The number of ether oxygens (including phenoxy) is 1. The van der Waals surface area contributed by atoms with Gasteiger partial charge >= 0.3 is 6.03 Å². The number of allylic oxidation sites excluding steroid dienone is 1. The molecule has 1 aliphatic carbocycles. The van der Waals surface area contributed by atoms with Gasteiger partial charge in [-0.3, -0.25) is 0 Å². The number of rotatable bonds is 7. The Hall–Kier alpha value is -1.92. The van der Waals surface area contributed by atoms with E-state index < -0.39 is 6.03 Å². The first-order chi connectivity index (χ1) is 11.5. The summed E-state index contributed by atoms with van der Waals surface area (Å²) in [6.45, 7) is 5.28. The van der Waals surface area contributed by atoms with Crippen molar-refractivity contribution in [1.29, 1.82) is 0 Å². The van der Waals surface area contributed by atoms with Gasteiger partial charge in [0.2, 0.25) is 0 Å². The van der Waals surface area contributed by atoms with Crippen LogP contribution in [0.25, 0.3) is 4.91 Å². The van der Waals surface area contributed by atoms with Crippen LogP contribution in [0, 0.1) is 0 Å². The summed E-state index contributed by atoms with van der Waals surface area (Å²) in [5.41, 5.74) is 14.6. The molecule has 5 nitrogen and oxygen atoms in total. The average molecular weight is 347 g/mol. The zero-order valence-electron chi connectivity index (χ0n) is 14.2. The number of thioether (sulfide) groups is 1. The van der Waals surface area contributed by atoms with Crippen LogP contribution in [0.4, 0.5) is 4.79 Å². The van der Waals surface area contributed by atoms with Crippen LogP contribution in [-0.2, 0) is 6.42 Å². The van der Waals surface area contributed by atoms with Gasteiger partial charge in [-0.1, -0.05) is 24.3 Å². The Bertz CT molecular complexity index is 668. The highest BCUT2D eigenvalue weighted by Crippen LogP contribution is 2.42. The monoisotopic (exact) mass is 347 g/mol. The van der Waals surface area contributed by atoms with Crippen LogP contribution in [0.5, 0.6) is 5.75 Å². The quantitative estimate of drug-likeness (QED) is 0.705. The van der Waals surface area contributed by atoms with Gasteiger partial charge in [0, 0.05) is 11.4 Å². The second-order valence-electron chi connectivity index (χ2n) is 5.67. The van der Waals surface area contributed by atoms with E-state index in [9.17, 15) is 4.79 Å². The lowest BCUT2D eigenvalue weighted by atomic mass is 9.92. The lowest BCUT2D eigenvalue weighted by molar-refractivity contribution is 0.252. The predicted octanol–water partition coefficient (Wildman–Crippen LogP) is 3.35. The lowest BCUT2D eigenvalue weighted by Gasteiger charge is -2.23. The molecule has 0 bridgehead atoms. The largest absolute Gasteiger partial charge is 0.494 e. The predicted molar refractivity (Wildman–Crippen MR) is 101 cm³/mol. The third-order valence-electron chi connectivity index (χ3n) is 3.71. The van der Waals surface area contributed by atoms with Gasteiger partial charge in [0.15, 0.2) is 0 Å². The fourth-order valence-electron chi connectivity index (χ4n) is 2.57. The van der Waals surface area contributed by atoms with Crippen LogP contribution < -0.4 is 21.5 Å². The van der Waals surface area contributed by atoms with Gasteiger partial charge in [-0.25, -0.2) is 4.79 Å². The number of hydrogen-bond donors (Lipinski definition) is 3. The molecule has 0 spiro atoms. The summed E-state index contributed by atoms with van der Waals surface area (Å²) in [5, 5.41) is 3.31. The molecule has 2 amide bonds. The molecule has 0 aromatic heterocycles. The first kappa shape index (κ1) is 18.4. The lowest BCUT2D eigenvalue weighted by Crippen LogP contribution is -2.28. The number of amides is 2. The molecule has 5 N–H and O–H groups in total. The standard InChI is InChI=1S/C18H25N3O2S/c1-3-10-23-14-6-7-15-13(11-14)5-4-12(2)17(15)24-16(8-9-19)21-18(20)22/h6-8,11H,3-5,9-10,19H2,1-2H3,(H3,20,21,22)/b16-8+. The minimum absolute atomic E-state index is 0.339. The van der Waals surface area contributed by atoms with Crippen molar-refractivity contribution in [3.63, 3.8) is 0 Å². The van der Waals surface area contributed by atoms with Crippen LogP contribution in [0.2, 0.25) is 0 Å². The number of benzene rings is 1. The number of aryl methyl sites for hydroxylation is 1. The smallest absolute Gasteiger partial charge is 0.317 e. The number of urea groups is 1. The Morgan fingerprint density at radius 3 is 2.88 bits per heavy atom. The third kappa shape index (κ3) is 4.79. The second kappa shape index (κ2) is 8.80. The summed E-state index contributed by atoms with van der Waals surface area (Å²) in [6, 6.07) is 5.63. The van der Waals surface area contributed by atoms with E-state index in [-0.39, 0.29) is 0 Å². The molecule has 0 saturated heterocycles. The minimum Gasteiger partial charge on any atom is -0.494 e. The number of primary amides is 1. The van der Waals surface area contributed by atoms with E-state index in [0.717, 1.165) is 36.5 Å². The van der Waals surface area contributed by atoms with Crippen LogP contribution >= 0.6 is 11.8 Å². The molecule has 1 aromatic rings. The van der Waals surface area contributed by atoms with Gasteiger partial charge in [0.1, 0.15) is 5.75 Å². The molecule has 0 unspecified atom stereocenters. The van der Waals surface area contributed by atoms with E-state index in [2.05, 4.69) is 31.3 Å². The first-order valence-corrected chi connectivity index (χ1v) is 8.97. The minimum atomic E-state index is -0.584. The molecule has 2 rings (SSSR count). The zero-order chi connectivity index (χ0) is 17.5. The van der Waals surface area contributed by atoms with Crippen molar-refractivity contribution in [2.75, 3.05) is 13.2 Å². The van der Waals surface area contributed by atoms with E-state index in [0.29, 0.717) is 11.6 Å². The molecular weight excluding hydrogens is 322 g/mol. The maximum absolute atomic E-state index is 11.2. The van der Waals surface area contributed by atoms with Crippen LogP contribution in [0.1, 0.15) is 37.8 Å². The molecule has 0 fully saturated rings. The Morgan fingerprint density at radius 2 is 2.21 bits per heavy atom. The maximum atomic E-state index is 11.2. The zero-order valence-corrected chi connectivity index (χ0v) is 15.0. The van der Waals surface area contributed by atoms with Crippen LogP contribution in [0.15, 0.2) is 34.9 Å². The Labute approximate surface area is 147 Å². The molecule has 1 aliphatic rings. The number of nitrogens with two attached hydrogens (primary N) is 2. The molecule has 0 heterocycles. The van der Waals surface area contributed by atoms with Gasteiger partial charge in [0.05, 0.1) is 11.6 Å². The molecular formula is C18H25N3O2S. The SMILES string of the molecule is CCCOc1ccc2c(c1)CCC(C)=C2S/C(=C/CN)NC(N)=O. The summed E-state index contributed by atoms with van der Waals surface area (Å²) < 4.78 is 5.73. The van der Waals surface area contributed by atoms with E-state index >= 15 is 0 Å². The van der Waals surface area contributed by atoms with Gasteiger partial charge in [-0.05, 0) is 61.6 Å². The van der Waals surface area contributed by atoms with E-state index in [1.807, 2.05) is 6.07 Å². The number of carbonyl (C=O) groups is 1. The summed E-state index contributed by atoms with van der Waals surface area (Å²) in [6.07, 6.45) is 4.73. The van der Waals surface area contributed by atoms with Gasteiger partial charge < -0.3 is 21.5 Å². The van der Waals surface area contributed by atoms with Crippen molar-refractivity contribution in [1.82, 2.24) is 5.32 Å². The molecule has 0 atom stereocenters. The molecule has 0 radical (unpaired) electrons. The molecule has 130 valence electrons. The van der Waals surface area contributed by atoms with E-state index in [1.165, 1.54) is 28.5 Å². The van der Waals surface area contributed by atoms with Crippen LogP contribution in [0.3, 0.4) is 0 Å². The summed E-state index contributed by atoms with van der Waals surface area (Å²) in [7, 11) is 0. The third-order valence-corrected chi connectivity index (χ3v) is 4.97. The molecule has 0 saturated carbocycles. The molecule has 1 aromatic carbocycles. The van der Waals surface area contributed by atoms with E-state index in [4.69, 9.17) is 16.2 Å². The first-order valence-electron chi connectivity index (χ1n) is 8.15. The van der Waals surface area contributed by atoms with Crippen molar-refractivity contribution in [3.8, 4) is 5.75 Å². The number of fused-ring (bicyclic) bond motifs is 1. The normalized spacial score (nSPS) is 14.4.